The third-order valence-electron chi connectivity index (χ3n) is 3.13. The first-order valence-corrected chi connectivity index (χ1v) is 7.38. The fraction of sp³-hybridized carbons (Fsp3) is 0.692. The van der Waals surface area contributed by atoms with Crippen LogP contribution in [-0.4, -0.2) is 64.7 Å². The van der Waals surface area contributed by atoms with E-state index in [4.69, 9.17) is 22.3 Å². The van der Waals surface area contributed by atoms with Gasteiger partial charge in [-0.1, -0.05) is 0 Å². The van der Waals surface area contributed by atoms with Crippen LogP contribution in [0.25, 0.3) is 0 Å². The van der Waals surface area contributed by atoms with Crippen LogP contribution in [0.1, 0.15) is 26.7 Å². The van der Waals surface area contributed by atoms with Crippen molar-refractivity contribution in [2.24, 2.45) is 22.2 Å². The zero-order chi connectivity index (χ0) is 18.9. The number of rotatable bonds is 10. The molecule has 0 aliphatic heterocycles. The van der Waals surface area contributed by atoms with Crippen LogP contribution in [0.3, 0.4) is 0 Å². The number of aliphatic imine (C=N–C) groups is 1. The van der Waals surface area contributed by atoms with Crippen molar-refractivity contribution < 1.29 is 24.6 Å². The van der Waals surface area contributed by atoms with E-state index >= 15 is 0 Å². The molecule has 138 valence electrons. The molecule has 10 N–H and O–H groups in total. The maximum atomic E-state index is 12.0. The van der Waals surface area contributed by atoms with Crippen molar-refractivity contribution in [3.8, 4) is 0 Å². The van der Waals surface area contributed by atoms with Gasteiger partial charge < -0.3 is 38.0 Å². The van der Waals surface area contributed by atoms with E-state index in [9.17, 15) is 19.5 Å². The van der Waals surface area contributed by atoms with Gasteiger partial charge in [-0.2, -0.15) is 0 Å². The van der Waals surface area contributed by atoms with Gasteiger partial charge in [0.1, 0.15) is 18.1 Å². The molecule has 0 radical (unpaired) electrons. The number of guanidine groups is 1. The molecule has 0 saturated carbocycles. The Morgan fingerprint density at radius 3 is 2.17 bits per heavy atom. The van der Waals surface area contributed by atoms with E-state index < -0.39 is 42.0 Å². The minimum Gasteiger partial charge on any atom is -0.480 e. The molecular formula is C13H26N6O5. The largest absolute Gasteiger partial charge is 0.480 e. The minimum atomic E-state index is -1.22. The number of carbonyl (C=O) groups excluding carboxylic acids is 2. The highest BCUT2D eigenvalue weighted by atomic mass is 16.4. The molecule has 0 aromatic carbocycles. The van der Waals surface area contributed by atoms with Gasteiger partial charge in [-0.25, -0.2) is 4.79 Å². The number of aliphatic hydroxyl groups is 1. The average molecular weight is 346 g/mol. The first-order chi connectivity index (χ1) is 11.1. The zero-order valence-corrected chi connectivity index (χ0v) is 13.7. The van der Waals surface area contributed by atoms with Crippen LogP contribution in [0.5, 0.6) is 0 Å². The molecule has 0 aromatic rings. The molecule has 2 amide bonds. The van der Waals surface area contributed by atoms with Crippen LogP contribution in [0.15, 0.2) is 4.99 Å². The third-order valence-corrected chi connectivity index (χ3v) is 3.13. The normalized spacial score (nSPS) is 15.5. The lowest BCUT2D eigenvalue weighted by Crippen LogP contribution is -2.55. The summed E-state index contributed by atoms with van der Waals surface area (Å²) in [6.45, 7) is 2.95. The number of carboxylic acid groups (broad SMARTS) is 1. The van der Waals surface area contributed by atoms with Gasteiger partial charge in [0.25, 0.3) is 0 Å². The van der Waals surface area contributed by atoms with Crippen LogP contribution in [-0.2, 0) is 14.4 Å². The molecule has 11 heteroatoms. The second kappa shape index (κ2) is 10.4. The summed E-state index contributed by atoms with van der Waals surface area (Å²) in [7, 11) is 0. The Kier molecular flexibility index (Phi) is 9.35. The van der Waals surface area contributed by atoms with E-state index in [1.807, 2.05) is 0 Å². The molecule has 0 spiro atoms. The molecule has 4 atom stereocenters. The molecule has 0 fully saturated rings. The Bertz CT molecular complexity index is 477. The maximum Gasteiger partial charge on any atom is 0.326 e. The van der Waals surface area contributed by atoms with Gasteiger partial charge in [0.2, 0.25) is 11.8 Å². The topological polar surface area (TPSA) is 206 Å². The Morgan fingerprint density at radius 2 is 1.71 bits per heavy atom. The van der Waals surface area contributed by atoms with Crippen LogP contribution in [0, 0.1) is 0 Å². The van der Waals surface area contributed by atoms with Gasteiger partial charge in [0.15, 0.2) is 5.96 Å². The Morgan fingerprint density at radius 1 is 1.12 bits per heavy atom. The van der Waals surface area contributed by atoms with E-state index in [0.717, 1.165) is 0 Å². The monoisotopic (exact) mass is 346 g/mol. The number of nitrogens with zero attached hydrogens (tertiary/aromatic N) is 1. The number of nitrogens with two attached hydrogens (primary N) is 3. The highest BCUT2D eigenvalue weighted by Gasteiger charge is 2.26. The highest BCUT2D eigenvalue weighted by molar-refractivity contribution is 5.91. The summed E-state index contributed by atoms with van der Waals surface area (Å²) in [5, 5.41) is 23.0. The Hall–Kier alpha value is -2.40. The van der Waals surface area contributed by atoms with Crippen molar-refractivity contribution in [3.63, 3.8) is 0 Å². The lowest BCUT2D eigenvalue weighted by molar-refractivity contribution is -0.142. The van der Waals surface area contributed by atoms with Gasteiger partial charge in [0.05, 0.1) is 6.10 Å². The summed E-state index contributed by atoms with van der Waals surface area (Å²) in [4.78, 5) is 38.5. The highest BCUT2D eigenvalue weighted by Crippen LogP contribution is 2.00. The summed E-state index contributed by atoms with van der Waals surface area (Å²) in [6, 6.07) is -3.34. The van der Waals surface area contributed by atoms with Crippen molar-refractivity contribution >= 4 is 23.7 Å². The van der Waals surface area contributed by atoms with Crippen molar-refractivity contribution in [1.29, 1.82) is 0 Å². The van der Waals surface area contributed by atoms with Gasteiger partial charge in [0, 0.05) is 6.54 Å². The van der Waals surface area contributed by atoms with Crippen LogP contribution >= 0.6 is 0 Å². The first kappa shape index (κ1) is 21.6. The zero-order valence-electron chi connectivity index (χ0n) is 13.7. The van der Waals surface area contributed by atoms with Crippen molar-refractivity contribution in [2.45, 2.75) is 50.9 Å². The van der Waals surface area contributed by atoms with E-state index in [2.05, 4.69) is 15.6 Å². The lowest BCUT2D eigenvalue weighted by Gasteiger charge is -2.21. The predicted molar refractivity (Wildman–Crippen MR) is 86.7 cm³/mol. The number of nitrogens with one attached hydrogen (secondary N) is 2. The van der Waals surface area contributed by atoms with Crippen LogP contribution in [0.2, 0.25) is 0 Å². The number of amides is 2. The van der Waals surface area contributed by atoms with E-state index in [0.29, 0.717) is 6.42 Å². The number of carbonyl (C=O) groups is 3. The van der Waals surface area contributed by atoms with Gasteiger partial charge >= 0.3 is 5.97 Å². The third kappa shape index (κ3) is 8.29. The SMILES string of the molecule is CC(NC(=O)C(N)C(C)O)C(=O)NC(CCCN=C(N)N)C(=O)O. The Labute approximate surface area is 139 Å². The predicted octanol–water partition coefficient (Wildman–Crippen LogP) is -3.18. The number of aliphatic hydroxyl groups excluding tert-OH is 1. The minimum absolute atomic E-state index is 0.100. The lowest BCUT2D eigenvalue weighted by atomic mass is 10.1. The van der Waals surface area contributed by atoms with Crippen molar-refractivity contribution in [1.82, 2.24) is 10.6 Å². The molecule has 0 bridgehead atoms. The molecular weight excluding hydrogens is 320 g/mol. The molecule has 0 aliphatic rings. The number of carboxylic acids is 1. The molecule has 4 unspecified atom stereocenters. The number of hydrogen-bond donors (Lipinski definition) is 7. The second-order valence-corrected chi connectivity index (χ2v) is 5.34. The average Bonchev–Trinajstić information content (AvgIpc) is 2.48. The summed E-state index contributed by atoms with van der Waals surface area (Å²) < 4.78 is 0. The smallest absolute Gasteiger partial charge is 0.326 e. The Balaban J connectivity index is 4.52. The fourth-order valence-electron chi connectivity index (χ4n) is 1.65. The molecule has 0 aliphatic carbocycles. The molecule has 0 heterocycles. The van der Waals surface area contributed by atoms with E-state index in [1.165, 1.54) is 13.8 Å². The molecule has 24 heavy (non-hydrogen) atoms. The first-order valence-electron chi connectivity index (χ1n) is 7.38. The van der Waals surface area contributed by atoms with E-state index in [1.54, 1.807) is 0 Å². The van der Waals surface area contributed by atoms with Crippen molar-refractivity contribution in [2.75, 3.05) is 6.54 Å². The standard InChI is InChI=1S/C13H26N6O5/c1-6(18-11(22)9(14)7(2)20)10(21)19-8(12(23)24)4-3-5-17-13(15)16/h6-9,20H,3-5,14H2,1-2H3,(H,18,22)(H,19,21)(H,23,24)(H4,15,16,17). The van der Waals surface area contributed by atoms with Gasteiger partial charge in [-0.15, -0.1) is 0 Å². The molecule has 0 aromatic heterocycles. The molecule has 0 saturated heterocycles. The number of hydrogen-bond acceptors (Lipinski definition) is 6. The summed E-state index contributed by atoms with van der Waals surface area (Å²) in [5.74, 6) is -2.72. The maximum absolute atomic E-state index is 12.0. The van der Waals surface area contributed by atoms with Gasteiger partial charge in [-0.3, -0.25) is 14.6 Å². The van der Waals surface area contributed by atoms with Crippen LogP contribution in [0.4, 0.5) is 0 Å². The van der Waals surface area contributed by atoms with Gasteiger partial charge in [-0.05, 0) is 26.7 Å². The summed E-state index contributed by atoms with van der Waals surface area (Å²) in [5.41, 5.74) is 15.8. The quantitative estimate of drug-likeness (QED) is 0.122. The fourth-order valence-corrected chi connectivity index (χ4v) is 1.65. The summed E-state index contributed by atoms with van der Waals surface area (Å²) in [6.07, 6.45) is -0.614. The number of aliphatic carboxylic acids is 1. The van der Waals surface area contributed by atoms with Crippen LogP contribution < -0.4 is 27.8 Å². The molecule has 0 rings (SSSR count). The summed E-state index contributed by atoms with van der Waals surface area (Å²) >= 11 is 0. The van der Waals surface area contributed by atoms with Crippen molar-refractivity contribution in [3.05, 3.63) is 0 Å². The second-order valence-electron chi connectivity index (χ2n) is 5.34. The molecule has 11 nitrogen and oxygen atoms in total. The van der Waals surface area contributed by atoms with E-state index in [-0.39, 0.29) is 18.9 Å².